The summed E-state index contributed by atoms with van der Waals surface area (Å²) in [6, 6.07) is 1.90. The molecule has 2 unspecified atom stereocenters. The first-order valence-corrected chi connectivity index (χ1v) is 8.56. The van der Waals surface area contributed by atoms with Crippen molar-refractivity contribution in [2.75, 3.05) is 20.5 Å². The molecule has 0 aliphatic heterocycles. The standard InChI is InChI=1S/C13H21NO3S.C2HF3O2/c1-8(14)6-10-7-11(16-3)13(18(5)15)9(2)12(10)17-4;3-2(4,5)1(6)7/h7-8H,6,14H2,1-5H3;(H,6,7). The Bertz CT molecular complexity index is 592. The fraction of sp³-hybridized carbons (Fsp3) is 0.533. The predicted molar refractivity (Wildman–Crippen MR) is 87.7 cm³/mol. The molecule has 0 fully saturated rings. The maximum Gasteiger partial charge on any atom is 0.490 e. The Labute approximate surface area is 147 Å². The molecule has 0 aliphatic rings. The van der Waals surface area contributed by atoms with Crippen molar-refractivity contribution in [2.24, 2.45) is 5.73 Å². The maximum atomic E-state index is 11.8. The molecule has 0 aliphatic carbocycles. The zero-order valence-corrected chi connectivity index (χ0v) is 15.4. The number of aliphatic carboxylic acids is 1. The third-order valence-electron chi connectivity index (χ3n) is 3.00. The van der Waals surface area contributed by atoms with E-state index in [1.807, 2.05) is 19.9 Å². The lowest BCUT2D eigenvalue weighted by atomic mass is 10.0. The Morgan fingerprint density at radius 3 is 2.16 bits per heavy atom. The smallest absolute Gasteiger partial charge is 0.490 e. The summed E-state index contributed by atoms with van der Waals surface area (Å²) in [6.45, 7) is 3.83. The minimum Gasteiger partial charge on any atom is -0.612 e. The number of carboxylic acids is 1. The van der Waals surface area contributed by atoms with E-state index in [1.165, 1.54) is 0 Å². The van der Waals surface area contributed by atoms with Gasteiger partial charge in [-0.1, -0.05) is 0 Å². The number of ether oxygens (including phenoxy) is 2. The molecule has 0 amide bonds. The van der Waals surface area contributed by atoms with Crippen molar-refractivity contribution < 1.29 is 37.1 Å². The molecule has 0 radical (unpaired) electrons. The van der Waals surface area contributed by atoms with Gasteiger partial charge in [0.1, 0.15) is 12.0 Å². The van der Waals surface area contributed by atoms with Crippen molar-refractivity contribution >= 4 is 17.1 Å². The number of carboxylic acid groups (broad SMARTS) is 1. The number of nitrogens with two attached hydrogens (primary N) is 1. The Hall–Kier alpha value is -1.65. The molecule has 1 rings (SSSR count). The van der Waals surface area contributed by atoms with Crippen LogP contribution < -0.4 is 15.2 Å². The molecular weight excluding hydrogens is 363 g/mol. The van der Waals surface area contributed by atoms with E-state index in [1.54, 1.807) is 20.5 Å². The van der Waals surface area contributed by atoms with Gasteiger partial charge in [0.05, 0.1) is 19.8 Å². The van der Waals surface area contributed by atoms with Crippen LogP contribution in [0, 0.1) is 6.92 Å². The predicted octanol–water partition coefficient (Wildman–Crippen LogP) is 2.27. The van der Waals surface area contributed by atoms with Crippen LogP contribution in [0.3, 0.4) is 0 Å². The number of alkyl halides is 3. The molecule has 0 spiro atoms. The summed E-state index contributed by atoms with van der Waals surface area (Å²) >= 11 is -1.12. The highest BCUT2D eigenvalue weighted by Gasteiger charge is 2.38. The second-order valence-electron chi connectivity index (χ2n) is 5.16. The van der Waals surface area contributed by atoms with E-state index in [-0.39, 0.29) is 6.04 Å². The van der Waals surface area contributed by atoms with Gasteiger partial charge < -0.3 is 24.9 Å². The molecule has 0 saturated carbocycles. The second kappa shape index (κ2) is 9.73. The highest BCUT2D eigenvalue weighted by atomic mass is 32.2. The lowest BCUT2D eigenvalue weighted by Gasteiger charge is -2.19. The number of hydrogen-bond donors (Lipinski definition) is 2. The summed E-state index contributed by atoms with van der Waals surface area (Å²) in [4.78, 5) is 9.58. The highest BCUT2D eigenvalue weighted by Crippen LogP contribution is 2.37. The molecule has 144 valence electrons. The third-order valence-corrected chi connectivity index (χ3v) is 4.08. The molecule has 0 saturated heterocycles. The first kappa shape index (κ1) is 23.4. The molecule has 0 heterocycles. The van der Waals surface area contributed by atoms with Gasteiger partial charge in [0.25, 0.3) is 0 Å². The molecule has 1 aromatic carbocycles. The maximum absolute atomic E-state index is 11.8. The van der Waals surface area contributed by atoms with Gasteiger partial charge in [-0.2, -0.15) is 13.2 Å². The Balaban J connectivity index is 0.000000697. The van der Waals surface area contributed by atoms with Gasteiger partial charge in [0.2, 0.25) is 4.90 Å². The number of benzene rings is 1. The van der Waals surface area contributed by atoms with E-state index in [2.05, 4.69) is 0 Å². The molecule has 6 nitrogen and oxygen atoms in total. The molecule has 0 aromatic heterocycles. The van der Waals surface area contributed by atoms with Gasteiger partial charge in [-0.05, 0) is 43.1 Å². The first-order chi connectivity index (χ1) is 11.4. The van der Waals surface area contributed by atoms with Crippen molar-refractivity contribution in [3.05, 3.63) is 17.2 Å². The van der Waals surface area contributed by atoms with Crippen LogP contribution in [0.5, 0.6) is 11.5 Å². The summed E-state index contributed by atoms with van der Waals surface area (Å²) in [6.07, 6.45) is -2.76. The van der Waals surface area contributed by atoms with Crippen LogP contribution in [-0.2, 0) is 22.4 Å². The summed E-state index contributed by atoms with van der Waals surface area (Å²) < 4.78 is 54.3. The van der Waals surface area contributed by atoms with E-state index in [4.69, 9.17) is 25.1 Å². The average Bonchev–Trinajstić information content (AvgIpc) is 2.45. The van der Waals surface area contributed by atoms with Crippen LogP contribution in [0.1, 0.15) is 18.1 Å². The number of hydrogen-bond acceptors (Lipinski definition) is 5. The topological polar surface area (TPSA) is 105 Å². The van der Waals surface area contributed by atoms with Crippen LogP contribution in [0.4, 0.5) is 13.2 Å². The summed E-state index contributed by atoms with van der Waals surface area (Å²) in [7, 11) is 3.19. The zero-order chi connectivity index (χ0) is 19.9. The Morgan fingerprint density at radius 2 is 1.88 bits per heavy atom. The monoisotopic (exact) mass is 385 g/mol. The number of rotatable bonds is 5. The van der Waals surface area contributed by atoms with Gasteiger partial charge in [-0.3, -0.25) is 0 Å². The van der Waals surface area contributed by atoms with E-state index in [0.717, 1.165) is 16.9 Å². The van der Waals surface area contributed by atoms with Crippen molar-refractivity contribution in [2.45, 2.75) is 37.4 Å². The second-order valence-corrected chi connectivity index (χ2v) is 6.48. The molecule has 10 heteroatoms. The van der Waals surface area contributed by atoms with Crippen molar-refractivity contribution in [3.63, 3.8) is 0 Å². The van der Waals surface area contributed by atoms with Gasteiger partial charge in [-0.25, -0.2) is 4.79 Å². The van der Waals surface area contributed by atoms with E-state index < -0.39 is 23.3 Å². The van der Waals surface area contributed by atoms with Crippen LogP contribution >= 0.6 is 0 Å². The lowest BCUT2D eigenvalue weighted by molar-refractivity contribution is -0.192. The fourth-order valence-electron chi connectivity index (χ4n) is 2.11. The summed E-state index contributed by atoms with van der Waals surface area (Å²) in [5.41, 5.74) is 7.67. The molecule has 1 aromatic rings. The number of carbonyl (C=O) groups is 1. The van der Waals surface area contributed by atoms with Crippen molar-refractivity contribution in [3.8, 4) is 11.5 Å². The Kier molecular flexibility index (Phi) is 9.09. The Morgan fingerprint density at radius 1 is 1.40 bits per heavy atom. The lowest BCUT2D eigenvalue weighted by Crippen LogP contribution is -2.21. The SMILES string of the molecule is COc1cc(CC(C)N)c(OC)c(C)c1[S+](C)[O-].O=C(O)C(F)(F)F. The van der Waals surface area contributed by atoms with Crippen LogP contribution in [0.25, 0.3) is 0 Å². The first-order valence-electron chi connectivity index (χ1n) is 7.00. The van der Waals surface area contributed by atoms with Crippen LogP contribution in [0.15, 0.2) is 11.0 Å². The van der Waals surface area contributed by atoms with E-state index >= 15 is 0 Å². The molecule has 3 N–H and O–H groups in total. The number of methoxy groups -OCH3 is 2. The fourth-order valence-corrected chi connectivity index (χ4v) is 3.06. The third kappa shape index (κ3) is 7.00. The number of halogens is 3. The largest absolute Gasteiger partial charge is 0.612 e. The van der Waals surface area contributed by atoms with Crippen LogP contribution in [0.2, 0.25) is 0 Å². The normalized spacial score (nSPS) is 13.4. The highest BCUT2D eigenvalue weighted by molar-refractivity contribution is 7.90. The van der Waals surface area contributed by atoms with Gasteiger partial charge in [0, 0.05) is 6.04 Å². The molecular formula is C15H22F3NO5S. The van der Waals surface area contributed by atoms with E-state index in [9.17, 15) is 17.7 Å². The van der Waals surface area contributed by atoms with Gasteiger partial charge >= 0.3 is 12.1 Å². The summed E-state index contributed by atoms with van der Waals surface area (Å²) in [5, 5.41) is 7.12. The van der Waals surface area contributed by atoms with Crippen molar-refractivity contribution in [1.82, 2.24) is 0 Å². The summed E-state index contributed by atoms with van der Waals surface area (Å²) in [5.74, 6) is -1.38. The minimum atomic E-state index is -5.08. The quantitative estimate of drug-likeness (QED) is 0.754. The van der Waals surface area contributed by atoms with Crippen molar-refractivity contribution in [1.29, 1.82) is 0 Å². The van der Waals surface area contributed by atoms with Gasteiger partial charge in [0.15, 0.2) is 5.75 Å². The van der Waals surface area contributed by atoms with E-state index in [0.29, 0.717) is 17.1 Å². The molecule has 25 heavy (non-hydrogen) atoms. The zero-order valence-electron chi connectivity index (χ0n) is 14.6. The molecule has 2 atom stereocenters. The van der Waals surface area contributed by atoms with Crippen LogP contribution in [-0.4, -0.2) is 48.3 Å². The van der Waals surface area contributed by atoms with Gasteiger partial charge in [-0.15, -0.1) is 0 Å². The minimum absolute atomic E-state index is 0.0287. The molecule has 0 bridgehead atoms. The average molecular weight is 385 g/mol.